The van der Waals surface area contributed by atoms with Gasteiger partial charge in [-0.15, -0.1) is 0 Å². The summed E-state index contributed by atoms with van der Waals surface area (Å²) in [6.45, 7) is 8.66. The normalized spacial score (nSPS) is 20.5. The Morgan fingerprint density at radius 3 is 2.52 bits per heavy atom. The summed E-state index contributed by atoms with van der Waals surface area (Å²) >= 11 is 1.59. The number of fused-ring (bicyclic) bond motifs is 3. The molecule has 1 saturated heterocycles. The Morgan fingerprint density at radius 1 is 1.06 bits per heavy atom. The second-order valence-corrected chi connectivity index (χ2v) is 9.89. The average molecular weight is 464 g/mol. The highest BCUT2D eigenvalue weighted by atomic mass is 32.2. The maximum absolute atomic E-state index is 12.8. The Bertz CT molecular complexity index is 1100. The zero-order valence-corrected chi connectivity index (χ0v) is 20.7. The van der Waals surface area contributed by atoms with Gasteiger partial charge in [-0.3, -0.25) is 9.69 Å². The molecule has 0 aliphatic carbocycles. The van der Waals surface area contributed by atoms with Crippen LogP contribution < -0.4 is 0 Å². The van der Waals surface area contributed by atoms with Crippen molar-refractivity contribution in [3.63, 3.8) is 0 Å². The zero-order valence-electron chi connectivity index (χ0n) is 19.9. The molecule has 1 amide bonds. The van der Waals surface area contributed by atoms with Gasteiger partial charge in [-0.1, -0.05) is 55.4 Å². The smallest absolute Gasteiger partial charge is 0.270 e. The van der Waals surface area contributed by atoms with E-state index in [1.165, 1.54) is 43.6 Å². The fourth-order valence-electron chi connectivity index (χ4n) is 5.47. The maximum atomic E-state index is 12.8. The van der Waals surface area contributed by atoms with Crippen molar-refractivity contribution >= 4 is 34.5 Å². The third-order valence-corrected chi connectivity index (χ3v) is 7.73. The highest BCUT2D eigenvalue weighted by Gasteiger charge is 2.43. The van der Waals surface area contributed by atoms with E-state index < -0.39 is 0 Å². The molecule has 3 aliphatic rings. The van der Waals surface area contributed by atoms with Crippen LogP contribution in [0.4, 0.5) is 5.82 Å². The van der Waals surface area contributed by atoms with E-state index in [1.807, 2.05) is 13.2 Å². The van der Waals surface area contributed by atoms with Gasteiger partial charge in [0.05, 0.1) is 11.3 Å². The second kappa shape index (κ2) is 9.47. The van der Waals surface area contributed by atoms with E-state index in [-0.39, 0.29) is 11.9 Å². The second-order valence-electron chi connectivity index (χ2n) is 9.11. The predicted octanol–water partition coefficient (Wildman–Crippen LogP) is 5.07. The van der Waals surface area contributed by atoms with E-state index in [9.17, 15) is 4.79 Å². The number of aliphatic imine (C=N–C) groups is 2. The monoisotopic (exact) mass is 463 g/mol. The molecular formula is C26H33N5OS. The lowest BCUT2D eigenvalue weighted by molar-refractivity contribution is -0.119. The molecule has 0 saturated carbocycles. The first-order valence-electron chi connectivity index (χ1n) is 12.2. The Hall–Kier alpha value is -2.38. The standard InChI is InChI=1S/C26H33N5OS/c1-4-20-25(32)27-24-21-18(2)22(19-12-7-5-8-13-19)30(23(21)28-26(33-3)31(20)24)17-11-16-29-14-9-6-10-15-29/h5,7-8,12-13,20H,4,6,9-11,14-17H2,1-3H3. The lowest BCUT2D eigenvalue weighted by Crippen LogP contribution is -2.43. The number of hydrogen-bond acceptors (Lipinski definition) is 5. The minimum absolute atomic E-state index is 0.0550. The topological polar surface area (TPSA) is 53.2 Å². The first kappa shape index (κ1) is 22.4. The molecule has 1 fully saturated rings. The van der Waals surface area contributed by atoms with E-state index in [2.05, 4.69) is 56.6 Å². The molecule has 1 atom stereocenters. The zero-order chi connectivity index (χ0) is 22.9. The van der Waals surface area contributed by atoms with Crippen molar-refractivity contribution in [3.05, 3.63) is 41.5 Å². The lowest BCUT2D eigenvalue weighted by Gasteiger charge is -2.30. The molecule has 1 aromatic carbocycles. The molecule has 0 radical (unpaired) electrons. The lowest BCUT2D eigenvalue weighted by atomic mass is 10.0. The number of rotatable bonds is 6. The summed E-state index contributed by atoms with van der Waals surface area (Å²) in [6.07, 6.45) is 7.83. The first-order chi connectivity index (χ1) is 16.1. The van der Waals surface area contributed by atoms with Gasteiger partial charge >= 0.3 is 0 Å². The molecule has 1 unspecified atom stereocenters. The number of amides is 1. The number of amidine groups is 2. The van der Waals surface area contributed by atoms with E-state index >= 15 is 0 Å². The Balaban J connectivity index is 1.58. The molecule has 5 rings (SSSR count). The molecule has 174 valence electrons. The molecular weight excluding hydrogens is 430 g/mol. The average Bonchev–Trinajstić information content (AvgIpc) is 3.32. The van der Waals surface area contributed by atoms with Gasteiger partial charge in [0.25, 0.3) is 5.91 Å². The third kappa shape index (κ3) is 3.95. The minimum atomic E-state index is -0.249. The maximum Gasteiger partial charge on any atom is 0.270 e. The molecule has 33 heavy (non-hydrogen) atoms. The number of thioether (sulfide) groups is 1. The van der Waals surface area contributed by atoms with E-state index in [4.69, 9.17) is 4.99 Å². The highest BCUT2D eigenvalue weighted by Crippen LogP contribution is 2.42. The quantitative estimate of drug-likeness (QED) is 0.600. The van der Waals surface area contributed by atoms with Crippen molar-refractivity contribution in [2.24, 2.45) is 9.98 Å². The van der Waals surface area contributed by atoms with Crippen LogP contribution in [0.1, 0.15) is 50.2 Å². The third-order valence-electron chi connectivity index (χ3n) is 7.07. The number of likely N-dealkylation sites (tertiary alicyclic amines) is 1. The van der Waals surface area contributed by atoms with Gasteiger partial charge in [0.2, 0.25) is 0 Å². The Kier molecular flexibility index (Phi) is 6.43. The molecule has 6 nitrogen and oxygen atoms in total. The fraction of sp³-hybridized carbons (Fsp3) is 0.500. The van der Waals surface area contributed by atoms with Crippen LogP contribution in [0.2, 0.25) is 0 Å². The van der Waals surface area contributed by atoms with Crippen LogP contribution in [-0.2, 0) is 11.3 Å². The fourth-order valence-corrected chi connectivity index (χ4v) is 6.06. The van der Waals surface area contributed by atoms with Gasteiger partial charge in [-0.05, 0) is 69.6 Å². The minimum Gasteiger partial charge on any atom is -0.325 e. The van der Waals surface area contributed by atoms with Crippen LogP contribution in [0, 0.1) is 6.92 Å². The van der Waals surface area contributed by atoms with Crippen LogP contribution in [0.15, 0.2) is 40.3 Å². The first-order valence-corrected chi connectivity index (χ1v) is 13.4. The summed E-state index contributed by atoms with van der Waals surface area (Å²) < 4.78 is 2.38. The van der Waals surface area contributed by atoms with Crippen LogP contribution in [0.5, 0.6) is 0 Å². The van der Waals surface area contributed by atoms with E-state index in [1.54, 1.807) is 11.8 Å². The van der Waals surface area contributed by atoms with Gasteiger partial charge in [0.1, 0.15) is 11.9 Å². The summed E-state index contributed by atoms with van der Waals surface area (Å²) in [6, 6.07) is 10.3. The van der Waals surface area contributed by atoms with Crippen LogP contribution in [-0.4, -0.2) is 63.2 Å². The van der Waals surface area contributed by atoms with Crippen molar-refractivity contribution in [1.29, 1.82) is 0 Å². The van der Waals surface area contributed by atoms with Gasteiger partial charge in [-0.2, -0.15) is 4.99 Å². The van der Waals surface area contributed by atoms with Gasteiger partial charge in [0, 0.05) is 6.54 Å². The van der Waals surface area contributed by atoms with Crippen LogP contribution in [0.25, 0.3) is 11.3 Å². The number of nitrogens with zero attached hydrogens (tertiary/aromatic N) is 5. The number of hydrogen-bond donors (Lipinski definition) is 0. The molecule has 2 aromatic rings. The van der Waals surface area contributed by atoms with Crippen LogP contribution in [0.3, 0.4) is 0 Å². The van der Waals surface area contributed by atoms with Crippen LogP contribution >= 0.6 is 11.8 Å². The van der Waals surface area contributed by atoms with E-state index in [0.717, 1.165) is 53.9 Å². The Labute approximate surface area is 200 Å². The molecule has 0 spiro atoms. The largest absolute Gasteiger partial charge is 0.325 e. The van der Waals surface area contributed by atoms with E-state index in [0.29, 0.717) is 0 Å². The summed E-state index contributed by atoms with van der Waals surface area (Å²) in [5.74, 6) is 1.68. The van der Waals surface area contributed by atoms with Crippen molar-refractivity contribution in [2.45, 2.75) is 58.5 Å². The molecule has 1 aromatic heterocycles. The van der Waals surface area contributed by atoms with Crippen molar-refractivity contribution in [3.8, 4) is 11.3 Å². The predicted molar refractivity (Wildman–Crippen MR) is 138 cm³/mol. The van der Waals surface area contributed by atoms with Gasteiger partial charge < -0.3 is 9.47 Å². The number of aromatic nitrogens is 1. The summed E-state index contributed by atoms with van der Waals surface area (Å²) in [7, 11) is 0. The highest BCUT2D eigenvalue weighted by molar-refractivity contribution is 8.13. The molecule has 3 aliphatic heterocycles. The SMILES string of the molecule is CCC1C(=O)N=C2c3c(C)c(-c4ccccc4)n(CCCN4CCCCC4)c3N=C(SC)N21. The molecule has 0 bridgehead atoms. The Morgan fingerprint density at radius 2 is 1.82 bits per heavy atom. The summed E-state index contributed by atoms with van der Waals surface area (Å²) in [4.78, 5) is 27.1. The summed E-state index contributed by atoms with van der Waals surface area (Å²) in [5.41, 5.74) is 4.56. The number of carbonyl (C=O) groups excluding carboxylic acids is 1. The molecule has 4 heterocycles. The van der Waals surface area contributed by atoms with Crippen molar-refractivity contribution in [2.75, 3.05) is 25.9 Å². The molecule has 0 N–H and O–H groups in total. The number of carbonyl (C=O) groups is 1. The number of piperidine rings is 1. The number of benzene rings is 1. The molecule has 7 heteroatoms. The van der Waals surface area contributed by atoms with Crippen molar-refractivity contribution in [1.82, 2.24) is 14.4 Å². The van der Waals surface area contributed by atoms with Gasteiger partial charge in [0.15, 0.2) is 11.0 Å². The summed E-state index contributed by atoms with van der Waals surface area (Å²) in [5, 5.41) is 0.869. The van der Waals surface area contributed by atoms with Gasteiger partial charge in [-0.25, -0.2) is 4.99 Å². The van der Waals surface area contributed by atoms with Crippen molar-refractivity contribution < 1.29 is 4.79 Å².